The summed E-state index contributed by atoms with van der Waals surface area (Å²) < 4.78 is 5.26. The van der Waals surface area contributed by atoms with Gasteiger partial charge in [0.2, 0.25) is 0 Å². The number of hydrogen-bond donors (Lipinski definition) is 2. The average Bonchev–Trinajstić information content (AvgIpc) is 2.28. The van der Waals surface area contributed by atoms with Crippen molar-refractivity contribution < 1.29 is 9.53 Å². The number of benzene rings is 1. The molecule has 5 heteroatoms. The van der Waals surface area contributed by atoms with E-state index in [1.165, 1.54) is 0 Å². The second-order valence-electron chi connectivity index (χ2n) is 3.45. The van der Waals surface area contributed by atoms with E-state index in [4.69, 9.17) is 22.1 Å². The van der Waals surface area contributed by atoms with Gasteiger partial charge in [-0.15, -0.1) is 0 Å². The summed E-state index contributed by atoms with van der Waals surface area (Å²) in [6, 6.07) is 6.79. The Morgan fingerprint density at radius 2 is 2.12 bits per heavy atom. The smallest absolute Gasteiger partial charge is 0.258 e. The molecule has 0 spiro atoms. The Labute approximate surface area is 99.7 Å². The molecule has 1 aromatic carbocycles. The van der Waals surface area contributed by atoms with Crippen molar-refractivity contribution in [1.29, 1.82) is 0 Å². The van der Waals surface area contributed by atoms with Crippen molar-refractivity contribution in [3.05, 3.63) is 29.3 Å². The predicted molar refractivity (Wildman–Crippen MR) is 63.6 cm³/mol. The third-order valence-corrected chi connectivity index (χ3v) is 2.20. The summed E-state index contributed by atoms with van der Waals surface area (Å²) in [7, 11) is 0. The zero-order valence-corrected chi connectivity index (χ0v) is 9.83. The fraction of sp³-hybridized carbons (Fsp3) is 0.364. The lowest BCUT2D eigenvalue weighted by atomic mass is 10.3. The highest BCUT2D eigenvalue weighted by molar-refractivity contribution is 6.30. The first-order chi connectivity index (χ1) is 7.61. The van der Waals surface area contributed by atoms with Gasteiger partial charge in [0.05, 0.1) is 0 Å². The molecule has 1 rings (SSSR count). The molecule has 0 aliphatic heterocycles. The summed E-state index contributed by atoms with van der Waals surface area (Å²) in [5, 5.41) is 3.33. The summed E-state index contributed by atoms with van der Waals surface area (Å²) in [5.74, 6) is 0.424. The van der Waals surface area contributed by atoms with Crippen molar-refractivity contribution >= 4 is 17.5 Å². The van der Waals surface area contributed by atoms with E-state index in [-0.39, 0.29) is 18.6 Å². The number of amides is 1. The van der Waals surface area contributed by atoms with E-state index in [0.29, 0.717) is 17.3 Å². The van der Waals surface area contributed by atoms with E-state index in [2.05, 4.69) is 5.32 Å². The molecule has 1 amide bonds. The number of carbonyl (C=O) groups is 1. The van der Waals surface area contributed by atoms with Crippen LogP contribution >= 0.6 is 11.6 Å². The Morgan fingerprint density at radius 1 is 1.50 bits per heavy atom. The quantitative estimate of drug-likeness (QED) is 0.815. The number of hydrogen-bond acceptors (Lipinski definition) is 3. The van der Waals surface area contributed by atoms with Crippen LogP contribution in [0.3, 0.4) is 0 Å². The topological polar surface area (TPSA) is 64.3 Å². The Kier molecular flexibility index (Phi) is 5.08. The van der Waals surface area contributed by atoms with Crippen LogP contribution < -0.4 is 15.8 Å². The number of nitrogens with two attached hydrogens (primary N) is 1. The predicted octanol–water partition coefficient (Wildman–Crippen LogP) is 1.18. The van der Waals surface area contributed by atoms with Gasteiger partial charge in [-0.3, -0.25) is 4.79 Å². The second-order valence-corrected chi connectivity index (χ2v) is 3.88. The van der Waals surface area contributed by atoms with Crippen LogP contribution in [-0.2, 0) is 4.79 Å². The van der Waals surface area contributed by atoms with Crippen LogP contribution in [0.15, 0.2) is 24.3 Å². The highest BCUT2D eigenvalue weighted by atomic mass is 35.5. The van der Waals surface area contributed by atoms with E-state index < -0.39 is 0 Å². The molecule has 88 valence electrons. The maximum absolute atomic E-state index is 11.3. The first kappa shape index (κ1) is 12.8. The van der Waals surface area contributed by atoms with Crippen molar-refractivity contribution in [3.63, 3.8) is 0 Å². The molecule has 1 atom stereocenters. The molecule has 3 N–H and O–H groups in total. The lowest BCUT2D eigenvalue weighted by Gasteiger charge is -2.11. The first-order valence-electron chi connectivity index (χ1n) is 4.99. The molecule has 0 aromatic heterocycles. The van der Waals surface area contributed by atoms with E-state index >= 15 is 0 Å². The Morgan fingerprint density at radius 3 is 2.69 bits per heavy atom. The van der Waals surface area contributed by atoms with Gasteiger partial charge in [0.1, 0.15) is 5.75 Å². The molecule has 0 saturated heterocycles. The van der Waals surface area contributed by atoms with Gasteiger partial charge in [-0.2, -0.15) is 0 Å². The van der Waals surface area contributed by atoms with Crippen LogP contribution in [0.2, 0.25) is 5.02 Å². The van der Waals surface area contributed by atoms with Gasteiger partial charge < -0.3 is 15.8 Å². The third-order valence-electron chi connectivity index (χ3n) is 1.94. The maximum atomic E-state index is 11.3. The summed E-state index contributed by atoms with van der Waals surface area (Å²) in [4.78, 5) is 11.3. The first-order valence-corrected chi connectivity index (χ1v) is 5.37. The SMILES string of the molecule is C[C@@H](CN)NC(=O)COc1ccc(Cl)cc1. The van der Waals surface area contributed by atoms with Gasteiger partial charge in [-0.05, 0) is 31.2 Å². The van der Waals surface area contributed by atoms with Crippen LogP contribution in [0.4, 0.5) is 0 Å². The number of nitrogens with one attached hydrogen (secondary N) is 1. The van der Waals surface area contributed by atoms with E-state index in [0.717, 1.165) is 0 Å². The van der Waals surface area contributed by atoms with Crippen molar-refractivity contribution in [1.82, 2.24) is 5.32 Å². The molecule has 0 fully saturated rings. The molecule has 0 radical (unpaired) electrons. The average molecular weight is 243 g/mol. The van der Waals surface area contributed by atoms with Crippen molar-refractivity contribution in [2.75, 3.05) is 13.2 Å². The Balaban J connectivity index is 2.34. The third kappa shape index (κ3) is 4.51. The molecular weight excluding hydrogens is 228 g/mol. The lowest BCUT2D eigenvalue weighted by Crippen LogP contribution is -2.40. The lowest BCUT2D eigenvalue weighted by molar-refractivity contribution is -0.123. The van der Waals surface area contributed by atoms with Gasteiger partial charge in [0.15, 0.2) is 6.61 Å². The standard InChI is InChI=1S/C11H15ClN2O2/c1-8(6-13)14-11(15)7-16-10-4-2-9(12)3-5-10/h2-5,8H,6-7,13H2,1H3,(H,14,15)/t8-/m0/s1. The minimum Gasteiger partial charge on any atom is -0.484 e. The van der Waals surface area contributed by atoms with E-state index in [1.54, 1.807) is 24.3 Å². The van der Waals surface area contributed by atoms with Gasteiger partial charge in [-0.1, -0.05) is 11.6 Å². The molecule has 1 aromatic rings. The molecule has 0 aliphatic carbocycles. The van der Waals surface area contributed by atoms with Crippen molar-refractivity contribution in [2.45, 2.75) is 13.0 Å². The van der Waals surface area contributed by atoms with Crippen molar-refractivity contribution in [2.24, 2.45) is 5.73 Å². The maximum Gasteiger partial charge on any atom is 0.258 e. The van der Waals surface area contributed by atoms with E-state index in [1.807, 2.05) is 6.92 Å². The monoisotopic (exact) mass is 242 g/mol. The molecule has 0 aliphatic rings. The molecule has 0 saturated carbocycles. The summed E-state index contributed by atoms with van der Waals surface area (Å²) in [6.45, 7) is 2.22. The Bertz CT molecular complexity index is 340. The summed E-state index contributed by atoms with van der Waals surface area (Å²) >= 11 is 5.71. The van der Waals surface area contributed by atoms with Crippen LogP contribution in [0.1, 0.15) is 6.92 Å². The van der Waals surface area contributed by atoms with Crippen LogP contribution in [0, 0.1) is 0 Å². The number of ether oxygens (including phenoxy) is 1. The number of carbonyl (C=O) groups excluding carboxylic acids is 1. The van der Waals surface area contributed by atoms with Crippen LogP contribution in [0.25, 0.3) is 0 Å². The van der Waals surface area contributed by atoms with Gasteiger partial charge in [-0.25, -0.2) is 0 Å². The summed E-state index contributed by atoms with van der Waals surface area (Å²) in [6.07, 6.45) is 0. The zero-order chi connectivity index (χ0) is 12.0. The fourth-order valence-electron chi connectivity index (χ4n) is 1.06. The fourth-order valence-corrected chi connectivity index (χ4v) is 1.18. The normalized spacial score (nSPS) is 11.9. The highest BCUT2D eigenvalue weighted by Gasteiger charge is 2.06. The molecule has 4 nitrogen and oxygen atoms in total. The Hall–Kier alpha value is -1.26. The summed E-state index contributed by atoms with van der Waals surface area (Å²) in [5.41, 5.74) is 5.37. The molecular formula is C11H15ClN2O2. The highest BCUT2D eigenvalue weighted by Crippen LogP contribution is 2.15. The molecule has 0 unspecified atom stereocenters. The van der Waals surface area contributed by atoms with Gasteiger partial charge >= 0.3 is 0 Å². The number of halogens is 1. The van der Waals surface area contributed by atoms with E-state index in [9.17, 15) is 4.79 Å². The zero-order valence-electron chi connectivity index (χ0n) is 9.07. The van der Waals surface area contributed by atoms with Gasteiger partial charge in [0.25, 0.3) is 5.91 Å². The minimum atomic E-state index is -0.187. The van der Waals surface area contributed by atoms with Crippen LogP contribution in [-0.4, -0.2) is 25.1 Å². The second kappa shape index (κ2) is 6.35. The molecule has 16 heavy (non-hydrogen) atoms. The minimum absolute atomic E-state index is 0.0219. The van der Waals surface area contributed by atoms with Gasteiger partial charge in [0, 0.05) is 17.6 Å². The molecule has 0 bridgehead atoms. The van der Waals surface area contributed by atoms with Crippen molar-refractivity contribution in [3.8, 4) is 5.75 Å². The number of rotatable bonds is 5. The molecule has 0 heterocycles. The van der Waals surface area contributed by atoms with Crippen LogP contribution in [0.5, 0.6) is 5.75 Å². The largest absolute Gasteiger partial charge is 0.484 e.